The summed E-state index contributed by atoms with van der Waals surface area (Å²) in [5.74, 6) is -0.526. The minimum atomic E-state index is -0.716. The molecule has 0 saturated carbocycles. The van der Waals surface area contributed by atoms with E-state index in [1.54, 1.807) is 0 Å². The Kier molecular flexibility index (Phi) is 10.6. The molecule has 2 aromatic carbocycles. The third kappa shape index (κ3) is 8.90. The van der Waals surface area contributed by atoms with Crippen molar-refractivity contribution >= 4 is 69.3 Å². The monoisotopic (exact) mass is 681 g/mol. The van der Waals surface area contributed by atoms with Gasteiger partial charge in [-0.15, -0.1) is 0 Å². The summed E-state index contributed by atoms with van der Waals surface area (Å²) in [6.07, 6.45) is 0. The summed E-state index contributed by atoms with van der Waals surface area (Å²) in [6.45, 7) is 6.53. The Morgan fingerprint density at radius 2 is 1.62 bits per heavy atom. The van der Waals surface area contributed by atoms with E-state index in [1.165, 1.54) is 5.56 Å². The maximum absolute atomic E-state index is 12.6. The summed E-state index contributed by atoms with van der Waals surface area (Å²) in [7, 11) is 0. The number of hydrogen-bond acceptors (Lipinski definition) is 7. The number of aliphatic imine (C=N–C) groups is 1. The second-order valence-electron chi connectivity index (χ2n) is 9.05. The Bertz CT molecular complexity index is 1300. The molecule has 0 bridgehead atoms. The highest BCUT2D eigenvalue weighted by Crippen LogP contribution is 2.22. The Morgan fingerprint density at radius 1 is 0.974 bits per heavy atom. The molecule has 10 nitrogen and oxygen atoms in total. The summed E-state index contributed by atoms with van der Waals surface area (Å²) < 4.78 is 1.14. The molecule has 1 aliphatic heterocycles. The van der Waals surface area contributed by atoms with Gasteiger partial charge in [0.15, 0.2) is 28.4 Å². The fraction of sp³-hybridized carbons (Fsp3) is 0.308. The van der Waals surface area contributed by atoms with Gasteiger partial charge in [-0.25, -0.2) is 9.97 Å². The van der Waals surface area contributed by atoms with Crippen molar-refractivity contribution in [2.75, 3.05) is 50.3 Å². The molecule has 1 aromatic heterocycles. The normalized spacial score (nSPS) is 14.8. The zero-order chi connectivity index (χ0) is 27.8. The lowest BCUT2D eigenvalue weighted by molar-refractivity contribution is 0.0998. The first-order valence-electron chi connectivity index (χ1n) is 12.4. The molecule has 0 radical (unpaired) electrons. The van der Waals surface area contributed by atoms with Gasteiger partial charge < -0.3 is 22.1 Å². The number of carbonyl (C=O) groups excluding carboxylic acids is 1. The molecule has 1 aliphatic rings. The molecule has 0 aliphatic carbocycles. The highest BCUT2D eigenvalue weighted by molar-refractivity contribution is 14.1. The van der Waals surface area contributed by atoms with E-state index in [1.807, 2.05) is 36.4 Å². The van der Waals surface area contributed by atoms with Crippen LogP contribution >= 0.6 is 45.8 Å². The molecule has 206 valence electrons. The van der Waals surface area contributed by atoms with Crippen LogP contribution in [0.2, 0.25) is 10.2 Å². The van der Waals surface area contributed by atoms with E-state index in [-0.39, 0.29) is 28.4 Å². The predicted molar refractivity (Wildman–Crippen MR) is 165 cm³/mol. The second-order valence-corrected chi connectivity index (χ2v) is 11.1. The van der Waals surface area contributed by atoms with Gasteiger partial charge in [0.2, 0.25) is 0 Å². The number of hydrogen-bond donors (Lipinski definition) is 4. The van der Waals surface area contributed by atoms with Crippen LogP contribution in [-0.4, -0.2) is 70.9 Å². The highest BCUT2D eigenvalue weighted by atomic mass is 127. The number of carbonyl (C=O) groups is 1. The minimum Gasteiger partial charge on any atom is -0.382 e. The van der Waals surface area contributed by atoms with E-state index in [0.717, 1.165) is 53.4 Å². The van der Waals surface area contributed by atoms with Gasteiger partial charge >= 0.3 is 5.91 Å². The number of piperazine rings is 1. The molecule has 1 saturated heterocycles. The zero-order valence-corrected chi connectivity index (χ0v) is 24.9. The van der Waals surface area contributed by atoms with Crippen LogP contribution in [0.25, 0.3) is 0 Å². The van der Waals surface area contributed by atoms with Crippen LogP contribution in [0.4, 0.5) is 11.6 Å². The molecule has 0 unspecified atom stereocenters. The van der Waals surface area contributed by atoms with Crippen molar-refractivity contribution in [3.05, 3.63) is 79.1 Å². The van der Waals surface area contributed by atoms with Crippen molar-refractivity contribution in [3.63, 3.8) is 0 Å². The van der Waals surface area contributed by atoms with Gasteiger partial charge in [0, 0.05) is 61.0 Å². The summed E-state index contributed by atoms with van der Waals surface area (Å²) in [5, 5.41) is 6.84. The van der Waals surface area contributed by atoms with Gasteiger partial charge in [0.25, 0.3) is 0 Å². The molecule has 1 amide bonds. The van der Waals surface area contributed by atoms with Crippen LogP contribution in [0.1, 0.15) is 21.6 Å². The number of aromatic nitrogens is 2. The molecule has 39 heavy (non-hydrogen) atoms. The summed E-state index contributed by atoms with van der Waals surface area (Å²) >= 11 is 14.5. The number of nitrogen functional groups attached to an aromatic ring is 1. The first-order valence-corrected chi connectivity index (χ1v) is 14.2. The van der Waals surface area contributed by atoms with Crippen LogP contribution in [0.3, 0.4) is 0 Å². The number of nitrogens with two attached hydrogens (primary N) is 2. The van der Waals surface area contributed by atoms with Gasteiger partial charge in [-0.2, -0.15) is 4.99 Å². The molecule has 13 heteroatoms. The maximum Gasteiger partial charge on any atom is 0.302 e. The molecule has 1 fully saturated rings. The van der Waals surface area contributed by atoms with Crippen molar-refractivity contribution in [2.24, 2.45) is 10.7 Å². The van der Waals surface area contributed by atoms with Gasteiger partial charge in [-0.3, -0.25) is 14.6 Å². The van der Waals surface area contributed by atoms with E-state index in [9.17, 15) is 4.79 Å². The fourth-order valence-electron chi connectivity index (χ4n) is 4.05. The average molecular weight is 682 g/mol. The smallest absolute Gasteiger partial charge is 0.302 e. The first-order chi connectivity index (χ1) is 18.8. The summed E-state index contributed by atoms with van der Waals surface area (Å²) in [4.78, 5) is 29.6. The van der Waals surface area contributed by atoms with Crippen molar-refractivity contribution < 1.29 is 4.79 Å². The molecule has 6 N–H and O–H groups in total. The summed E-state index contributed by atoms with van der Waals surface area (Å²) in [5.41, 5.74) is 14.1. The number of benzene rings is 2. The van der Waals surface area contributed by atoms with Crippen molar-refractivity contribution in [1.29, 1.82) is 0 Å². The van der Waals surface area contributed by atoms with Gasteiger partial charge in [0.05, 0.1) is 0 Å². The topological polar surface area (TPSA) is 138 Å². The first kappa shape index (κ1) is 29.3. The second kappa shape index (κ2) is 14.1. The zero-order valence-electron chi connectivity index (χ0n) is 21.2. The predicted octanol–water partition coefficient (Wildman–Crippen LogP) is 3.44. The van der Waals surface area contributed by atoms with Crippen LogP contribution < -0.4 is 22.1 Å². The van der Waals surface area contributed by atoms with Crippen LogP contribution in [-0.2, 0) is 13.1 Å². The Hall–Kier alpha value is -2.71. The van der Waals surface area contributed by atoms with E-state index < -0.39 is 5.91 Å². The van der Waals surface area contributed by atoms with E-state index in [4.69, 9.17) is 34.7 Å². The van der Waals surface area contributed by atoms with Gasteiger partial charge in [-0.1, -0.05) is 47.5 Å². The standard InChI is InChI=1S/C26H30Cl2IN9O/c27-19-5-1-18(2-6-19)16-38-13-11-37(12-14-38)10-9-32-26(31)36-25(39)21-23(30)35-24(22(28)34-21)33-15-17-3-7-20(29)8-4-17/h1-8H,9-16H2,(H3,30,33,35)(H3,31,32,36,39). The molecule has 2 heterocycles. The Balaban J connectivity index is 1.21. The third-order valence-corrected chi connectivity index (χ3v) is 7.43. The van der Waals surface area contributed by atoms with Gasteiger partial charge in [0.1, 0.15) is 0 Å². The molecule has 4 rings (SSSR count). The van der Waals surface area contributed by atoms with E-state index in [0.29, 0.717) is 13.1 Å². The van der Waals surface area contributed by atoms with E-state index in [2.05, 4.69) is 70.1 Å². The SMILES string of the molecule is N/C(=N\C(=O)c1nc(Cl)c(NCc2ccc(I)cc2)nc1N)NCCN1CCN(Cc2ccc(Cl)cc2)CC1. The van der Waals surface area contributed by atoms with Crippen molar-refractivity contribution in [1.82, 2.24) is 25.1 Å². The molecule has 0 atom stereocenters. The summed E-state index contributed by atoms with van der Waals surface area (Å²) in [6, 6.07) is 16.0. The van der Waals surface area contributed by atoms with E-state index >= 15 is 0 Å². The fourth-order valence-corrected chi connectivity index (χ4v) is 4.73. The number of guanidine groups is 1. The molecule has 0 spiro atoms. The lowest BCUT2D eigenvalue weighted by atomic mass is 10.2. The maximum atomic E-state index is 12.6. The van der Waals surface area contributed by atoms with Gasteiger partial charge in [-0.05, 0) is 58.0 Å². The number of amides is 1. The molecule has 3 aromatic rings. The third-order valence-electron chi connectivity index (χ3n) is 6.20. The Morgan fingerprint density at radius 3 is 2.31 bits per heavy atom. The number of nitrogens with one attached hydrogen (secondary N) is 2. The number of anilines is 2. The lowest BCUT2D eigenvalue weighted by Crippen LogP contribution is -2.48. The number of nitrogens with zero attached hydrogens (tertiary/aromatic N) is 5. The quantitative estimate of drug-likeness (QED) is 0.152. The largest absolute Gasteiger partial charge is 0.382 e. The van der Waals surface area contributed by atoms with Crippen LogP contribution in [0.15, 0.2) is 53.5 Å². The van der Waals surface area contributed by atoms with Crippen molar-refractivity contribution in [2.45, 2.75) is 13.1 Å². The lowest BCUT2D eigenvalue weighted by Gasteiger charge is -2.34. The number of rotatable bonds is 9. The molecular formula is C26H30Cl2IN9O. The average Bonchev–Trinajstić information content (AvgIpc) is 2.92. The molecular weight excluding hydrogens is 652 g/mol. The Labute approximate surface area is 251 Å². The highest BCUT2D eigenvalue weighted by Gasteiger charge is 2.18. The number of halogens is 3. The minimum absolute atomic E-state index is 0.0143. The van der Waals surface area contributed by atoms with Crippen LogP contribution in [0.5, 0.6) is 0 Å². The van der Waals surface area contributed by atoms with Crippen LogP contribution in [0, 0.1) is 3.57 Å². The van der Waals surface area contributed by atoms with Crippen molar-refractivity contribution in [3.8, 4) is 0 Å².